The standard InChI is InChI=1S/C10H13ClN2.ClH/c1-7-2-8(4-9(11)3-7)10(12)5-13-6-10;/h2-4,13H,5-6,12H2,1H3;1H. The van der Waals surface area contributed by atoms with Crippen LogP contribution < -0.4 is 11.1 Å². The van der Waals surface area contributed by atoms with Crippen molar-refractivity contribution in [3.8, 4) is 0 Å². The van der Waals surface area contributed by atoms with Gasteiger partial charge in [0.15, 0.2) is 0 Å². The summed E-state index contributed by atoms with van der Waals surface area (Å²) in [6.45, 7) is 3.71. The lowest BCUT2D eigenvalue weighted by Gasteiger charge is -2.39. The van der Waals surface area contributed by atoms with Crippen molar-refractivity contribution >= 4 is 24.0 Å². The maximum Gasteiger partial charge on any atom is 0.0663 e. The Kier molecular flexibility index (Phi) is 3.43. The van der Waals surface area contributed by atoms with Gasteiger partial charge >= 0.3 is 0 Å². The molecule has 0 amide bonds. The lowest BCUT2D eigenvalue weighted by atomic mass is 9.85. The van der Waals surface area contributed by atoms with Crippen LogP contribution in [0.15, 0.2) is 18.2 Å². The summed E-state index contributed by atoms with van der Waals surface area (Å²) in [5.74, 6) is 0. The third kappa shape index (κ3) is 2.04. The van der Waals surface area contributed by atoms with Crippen LogP contribution in [-0.2, 0) is 5.54 Å². The quantitative estimate of drug-likeness (QED) is 0.776. The molecule has 1 aromatic rings. The maximum atomic E-state index is 6.14. The molecule has 0 bridgehead atoms. The molecule has 0 spiro atoms. The zero-order valence-electron chi connectivity index (χ0n) is 8.01. The molecule has 1 fully saturated rings. The highest BCUT2D eigenvalue weighted by Crippen LogP contribution is 2.26. The number of benzene rings is 1. The summed E-state index contributed by atoms with van der Waals surface area (Å²) >= 11 is 5.96. The first-order valence-electron chi connectivity index (χ1n) is 4.37. The van der Waals surface area contributed by atoms with E-state index in [1.165, 1.54) is 5.56 Å². The number of hydrogen-bond acceptors (Lipinski definition) is 2. The van der Waals surface area contributed by atoms with Crippen LogP contribution in [0.25, 0.3) is 0 Å². The van der Waals surface area contributed by atoms with E-state index >= 15 is 0 Å². The molecule has 4 heteroatoms. The molecule has 1 aliphatic heterocycles. The molecule has 1 heterocycles. The van der Waals surface area contributed by atoms with Gasteiger partial charge in [0.25, 0.3) is 0 Å². The zero-order chi connectivity index (χ0) is 9.47. The van der Waals surface area contributed by atoms with E-state index in [9.17, 15) is 0 Å². The highest BCUT2D eigenvalue weighted by molar-refractivity contribution is 6.30. The monoisotopic (exact) mass is 232 g/mol. The topological polar surface area (TPSA) is 38.0 Å². The number of nitrogens with two attached hydrogens (primary N) is 1. The minimum absolute atomic E-state index is 0. The predicted molar refractivity (Wildman–Crippen MR) is 62.2 cm³/mol. The lowest BCUT2D eigenvalue weighted by Crippen LogP contribution is -2.62. The second kappa shape index (κ2) is 4.07. The van der Waals surface area contributed by atoms with Crippen LogP contribution in [0.5, 0.6) is 0 Å². The largest absolute Gasteiger partial charge is 0.319 e. The maximum absolute atomic E-state index is 6.14. The summed E-state index contributed by atoms with van der Waals surface area (Å²) in [5.41, 5.74) is 8.24. The van der Waals surface area contributed by atoms with E-state index in [-0.39, 0.29) is 17.9 Å². The molecule has 0 aromatic heterocycles. The molecule has 78 valence electrons. The fourth-order valence-electron chi connectivity index (χ4n) is 1.62. The lowest BCUT2D eigenvalue weighted by molar-refractivity contribution is 0.287. The van der Waals surface area contributed by atoms with Crippen molar-refractivity contribution < 1.29 is 0 Å². The van der Waals surface area contributed by atoms with Crippen LogP contribution in [0, 0.1) is 6.92 Å². The Morgan fingerprint density at radius 3 is 2.43 bits per heavy atom. The Hall–Kier alpha value is -0.280. The average Bonchev–Trinajstić information content (AvgIpc) is 1.98. The van der Waals surface area contributed by atoms with E-state index in [0.29, 0.717) is 0 Å². The van der Waals surface area contributed by atoms with Gasteiger partial charge in [0, 0.05) is 18.1 Å². The molecule has 14 heavy (non-hydrogen) atoms. The summed E-state index contributed by atoms with van der Waals surface area (Å²) in [6, 6.07) is 6.00. The van der Waals surface area contributed by atoms with Gasteiger partial charge in [-0.25, -0.2) is 0 Å². The van der Waals surface area contributed by atoms with Crippen LogP contribution in [0.1, 0.15) is 11.1 Å². The first-order chi connectivity index (χ1) is 6.10. The summed E-state index contributed by atoms with van der Waals surface area (Å²) in [6.07, 6.45) is 0. The van der Waals surface area contributed by atoms with E-state index in [1.807, 2.05) is 19.1 Å². The predicted octanol–water partition coefficient (Wildman–Crippen LogP) is 1.83. The van der Waals surface area contributed by atoms with Gasteiger partial charge in [0.1, 0.15) is 0 Å². The van der Waals surface area contributed by atoms with E-state index in [1.54, 1.807) is 0 Å². The molecule has 1 aliphatic rings. The van der Waals surface area contributed by atoms with Crippen molar-refractivity contribution in [1.82, 2.24) is 5.32 Å². The van der Waals surface area contributed by atoms with Gasteiger partial charge in [-0.15, -0.1) is 12.4 Å². The molecule has 3 N–H and O–H groups in total. The summed E-state index contributed by atoms with van der Waals surface area (Å²) in [7, 11) is 0. The fraction of sp³-hybridized carbons (Fsp3) is 0.400. The van der Waals surface area contributed by atoms with Crippen molar-refractivity contribution in [2.45, 2.75) is 12.5 Å². The number of aryl methyl sites for hydroxylation is 1. The van der Waals surface area contributed by atoms with Gasteiger partial charge < -0.3 is 11.1 Å². The first kappa shape index (κ1) is 11.8. The minimum atomic E-state index is -0.199. The number of rotatable bonds is 1. The Bertz CT molecular complexity index is 315. The second-order valence-corrected chi connectivity index (χ2v) is 4.21. The third-order valence-electron chi connectivity index (χ3n) is 2.50. The summed E-state index contributed by atoms with van der Waals surface area (Å²) in [5, 5.41) is 3.94. The fourth-order valence-corrected chi connectivity index (χ4v) is 1.91. The minimum Gasteiger partial charge on any atom is -0.319 e. The van der Waals surface area contributed by atoms with Crippen LogP contribution in [0.4, 0.5) is 0 Å². The summed E-state index contributed by atoms with van der Waals surface area (Å²) in [4.78, 5) is 0. The number of halogens is 2. The third-order valence-corrected chi connectivity index (χ3v) is 2.72. The van der Waals surface area contributed by atoms with Gasteiger partial charge in [-0.1, -0.05) is 17.7 Å². The van der Waals surface area contributed by atoms with E-state index < -0.39 is 0 Å². The van der Waals surface area contributed by atoms with Crippen LogP contribution >= 0.6 is 24.0 Å². The average molecular weight is 233 g/mol. The van der Waals surface area contributed by atoms with Crippen LogP contribution in [0.2, 0.25) is 5.02 Å². The van der Waals surface area contributed by atoms with Crippen molar-refractivity contribution in [2.24, 2.45) is 5.73 Å². The van der Waals surface area contributed by atoms with E-state index in [4.69, 9.17) is 17.3 Å². The van der Waals surface area contributed by atoms with Crippen molar-refractivity contribution in [1.29, 1.82) is 0 Å². The number of hydrogen-bond donors (Lipinski definition) is 2. The summed E-state index contributed by atoms with van der Waals surface area (Å²) < 4.78 is 0. The smallest absolute Gasteiger partial charge is 0.0663 e. The SMILES string of the molecule is Cc1cc(Cl)cc(C2(N)CNC2)c1.Cl. The molecule has 2 rings (SSSR count). The number of nitrogens with one attached hydrogen (secondary N) is 1. The van der Waals surface area contributed by atoms with E-state index in [2.05, 4.69) is 11.4 Å². The molecular formula is C10H14Cl2N2. The van der Waals surface area contributed by atoms with Gasteiger partial charge in [-0.2, -0.15) is 0 Å². The Labute approximate surface area is 95.2 Å². The van der Waals surface area contributed by atoms with Gasteiger partial charge in [-0.3, -0.25) is 0 Å². The highest BCUT2D eigenvalue weighted by Gasteiger charge is 2.34. The molecule has 1 saturated heterocycles. The Balaban J connectivity index is 0.000000980. The highest BCUT2D eigenvalue weighted by atomic mass is 35.5. The first-order valence-corrected chi connectivity index (χ1v) is 4.75. The molecule has 0 radical (unpaired) electrons. The van der Waals surface area contributed by atoms with E-state index in [0.717, 1.165) is 23.7 Å². The second-order valence-electron chi connectivity index (χ2n) is 3.78. The molecule has 0 aliphatic carbocycles. The Morgan fingerprint density at radius 1 is 1.36 bits per heavy atom. The van der Waals surface area contributed by atoms with Gasteiger partial charge in [-0.05, 0) is 30.2 Å². The molecule has 0 saturated carbocycles. The molecular weight excluding hydrogens is 219 g/mol. The molecule has 1 aromatic carbocycles. The molecule has 0 unspecified atom stereocenters. The van der Waals surface area contributed by atoms with Gasteiger partial charge in [0.05, 0.1) is 5.54 Å². The van der Waals surface area contributed by atoms with Crippen LogP contribution in [-0.4, -0.2) is 13.1 Å². The zero-order valence-corrected chi connectivity index (χ0v) is 9.58. The van der Waals surface area contributed by atoms with Crippen molar-refractivity contribution in [3.05, 3.63) is 34.3 Å². The van der Waals surface area contributed by atoms with Crippen molar-refractivity contribution in [2.75, 3.05) is 13.1 Å². The van der Waals surface area contributed by atoms with Crippen LogP contribution in [0.3, 0.4) is 0 Å². The molecule has 0 atom stereocenters. The normalized spacial score (nSPS) is 18.2. The Morgan fingerprint density at radius 2 is 2.00 bits per heavy atom. The van der Waals surface area contributed by atoms with Crippen molar-refractivity contribution in [3.63, 3.8) is 0 Å². The van der Waals surface area contributed by atoms with Gasteiger partial charge in [0.2, 0.25) is 0 Å². The molecule has 2 nitrogen and oxygen atoms in total.